The van der Waals surface area contributed by atoms with Crippen LogP contribution in [0.25, 0.3) is 0 Å². The van der Waals surface area contributed by atoms with Crippen LogP contribution in [0.3, 0.4) is 0 Å². The van der Waals surface area contributed by atoms with Crippen molar-refractivity contribution in [2.75, 3.05) is 7.05 Å². The van der Waals surface area contributed by atoms with Crippen molar-refractivity contribution in [2.24, 2.45) is 10.1 Å². The SMILES string of the molecule is CN=C(NCc1cccc(S(N)(=O)=O)c1)NCc1ccccc1OC(C)(C)C.I. The number of benzene rings is 2. The third-order valence-electron chi connectivity index (χ3n) is 3.75. The van der Waals surface area contributed by atoms with Crippen molar-refractivity contribution in [1.82, 2.24) is 10.6 Å². The lowest BCUT2D eigenvalue weighted by Crippen LogP contribution is -2.36. The third kappa shape index (κ3) is 8.58. The monoisotopic (exact) mass is 532 g/mol. The van der Waals surface area contributed by atoms with Gasteiger partial charge in [0.05, 0.1) is 4.90 Å². The molecule has 0 fully saturated rings. The van der Waals surface area contributed by atoms with Gasteiger partial charge in [0.1, 0.15) is 11.4 Å². The van der Waals surface area contributed by atoms with Gasteiger partial charge in [0.15, 0.2) is 5.96 Å². The van der Waals surface area contributed by atoms with E-state index < -0.39 is 10.0 Å². The fourth-order valence-corrected chi connectivity index (χ4v) is 3.08. The molecule has 9 heteroatoms. The Labute approximate surface area is 190 Å². The summed E-state index contributed by atoms with van der Waals surface area (Å²) < 4.78 is 29.0. The first-order valence-electron chi connectivity index (χ1n) is 8.92. The van der Waals surface area contributed by atoms with Crippen molar-refractivity contribution in [3.05, 3.63) is 59.7 Å². The maximum absolute atomic E-state index is 11.5. The standard InChI is InChI=1S/C20H28N4O3S.HI/c1-20(2,3)27-18-11-6-5-9-16(18)14-24-19(22-4)23-13-15-8-7-10-17(12-15)28(21,25)26;/h5-12H,13-14H2,1-4H3,(H2,21,25,26)(H2,22,23,24);1H. The average molecular weight is 532 g/mol. The molecule has 2 rings (SSSR count). The zero-order valence-corrected chi connectivity index (χ0v) is 20.2. The molecule has 0 aromatic heterocycles. The van der Waals surface area contributed by atoms with E-state index in [1.165, 1.54) is 6.07 Å². The molecule has 0 aliphatic heterocycles. The van der Waals surface area contributed by atoms with Crippen molar-refractivity contribution in [3.8, 4) is 5.75 Å². The topological polar surface area (TPSA) is 106 Å². The number of halogens is 1. The predicted octanol–water partition coefficient (Wildman–Crippen LogP) is 2.99. The van der Waals surface area contributed by atoms with E-state index in [1.54, 1.807) is 19.2 Å². The molecule has 0 spiro atoms. The van der Waals surface area contributed by atoms with E-state index in [-0.39, 0.29) is 34.5 Å². The van der Waals surface area contributed by atoms with E-state index in [9.17, 15) is 8.42 Å². The van der Waals surface area contributed by atoms with Gasteiger partial charge in [-0.3, -0.25) is 4.99 Å². The Morgan fingerprint density at radius 1 is 1.07 bits per heavy atom. The lowest BCUT2D eigenvalue weighted by molar-refractivity contribution is 0.129. The Bertz CT molecular complexity index is 941. The van der Waals surface area contributed by atoms with Crippen LogP contribution in [0.2, 0.25) is 0 Å². The van der Waals surface area contributed by atoms with Gasteiger partial charge in [-0.2, -0.15) is 0 Å². The number of rotatable bonds is 6. The molecular formula is C20H29IN4O3S. The molecule has 0 saturated heterocycles. The van der Waals surface area contributed by atoms with Crippen LogP contribution in [-0.2, 0) is 23.1 Å². The number of nitrogens with zero attached hydrogens (tertiary/aromatic N) is 1. The molecular weight excluding hydrogens is 503 g/mol. The van der Waals surface area contributed by atoms with Gasteiger partial charge in [0.2, 0.25) is 10.0 Å². The van der Waals surface area contributed by atoms with Gasteiger partial charge < -0.3 is 15.4 Å². The summed E-state index contributed by atoms with van der Waals surface area (Å²) in [7, 11) is -2.05. The predicted molar refractivity (Wildman–Crippen MR) is 127 cm³/mol. The van der Waals surface area contributed by atoms with Gasteiger partial charge >= 0.3 is 0 Å². The highest BCUT2D eigenvalue weighted by Crippen LogP contribution is 2.22. The maximum atomic E-state index is 11.5. The van der Waals surface area contributed by atoms with E-state index in [2.05, 4.69) is 15.6 Å². The molecule has 0 aliphatic rings. The molecule has 0 bridgehead atoms. The van der Waals surface area contributed by atoms with Crippen LogP contribution in [0.1, 0.15) is 31.9 Å². The summed E-state index contributed by atoms with van der Waals surface area (Å²) >= 11 is 0. The molecule has 0 unspecified atom stereocenters. The van der Waals surface area contributed by atoms with Crippen LogP contribution in [0, 0.1) is 0 Å². The van der Waals surface area contributed by atoms with Gasteiger partial charge in [0, 0.05) is 25.7 Å². The summed E-state index contributed by atoms with van der Waals surface area (Å²) in [5, 5.41) is 11.6. The van der Waals surface area contributed by atoms with E-state index in [1.807, 2.05) is 51.1 Å². The van der Waals surface area contributed by atoms with Gasteiger partial charge in [-0.25, -0.2) is 13.6 Å². The highest BCUT2D eigenvalue weighted by Gasteiger charge is 2.14. The lowest BCUT2D eigenvalue weighted by atomic mass is 10.1. The van der Waals surface area contributed by atoms with Crippen LogP contribution < -0.4 is 20.5 Å². The number of hydrogen-bond donors (Lipinski definition) is 3. The molecule has 2 aromatic rings. The minimum Gasteiger partial charge on any atom is -0.488 e. The van der Waals surface area contributed by atoms with Crippen LogP contribution in [-0.4, -0.2) is 27.0 Å². The number of hydrogen-bond acceptors (Lipinski definition) is 4. The minimum absolute atomic E-state index is 0. The summed E-state index contributed by atoms with van der Waals surface area (Å²) in [5.74, 6) is 1.41. The van der Waals surface area contributed by atoms with Crippen molar-refractivity contribution in [3.63, 3.8) is 0 Å². The van der Waals surface area contributed by atoms with Crippen LogP contribution in [0.4, 0.5) is 0 Å². The first-order valence-corrected chi connectivity index (χ1v) is 10.5. The molecule has 2 aromatic carbocycles. The normalized spacial score (nSPS) is 12.1. The Hall–Kier alpha value is -1.85. The average Bonchev–Trinajstić information content (AvgIpc) is 2.61. The second kappa shape index (κ2) is 10.8. The molecule has 0 saturated carbocycles. The molecule has 0 amide bonds. The van der Waals surface area contributed by atoms with Crippen molar-refractivity contribution in [1.29, 1.82) is 0 Å². The summed E-state index contributed by atoms with van der Waals surface area (Å²) in [6.45, 7) is 6.96. The maximum Gasteiger partial charge on any atom is 0.238 e. The molecule has 29 heavy (non-hydrogen) atoms. The van der Waals surface area contributed by atoms with E-state index >= 15 is 0 Å². The largest absolute Gasteiger partial charge is 0.488 e. The van der Waals surface area contributed by atoms with Crippen molar-refractivity contribution >= 4 is 40.0 Å². The summed E-state index contributed by atoms with van der Waals surface area (Å²) in [6, 6.07) is 14.3. The smallest absolute Gasteiger partial charge is 0.238 e. The second-order valence-corrected chi connectivity index (χ2v) is 8.86. The first kappa shape index (κ1) is 25.2. The Balaban J connectivity index is 0.00000420. The fraction of sp³-hybridized carbons (Fsp3) is 0.350. The number of guanidine groups is 1. The molecule has 4 N–H and O–H groups in total. The summed E-state index contributed by atoms with van der Waals surface area (Å²) in [5.41, 5.74) is 1.51. The van der Waals surface area contributed by atoms with Crippen LogP contribution in [0.15, 0.2) is 58.4 Å². The van der Waals surface area contributed by atoms with Crippen molar-refractivity contribution < 1.29 is 13.2 Å². The Morgan fingerprint density at radius 2 is 1.72 bits per heavy atom. The van der Waals surface area contributed by atoms with Gasteiger partial charge in [0.25, 0.3) is 0 Å². The minimum atomic E-state index is -3.72. The molecule has 0 radical (unpaired) electrons. The second-order valence-electron chi connectivity index (χ2n) is 7.29. The van der Waals surface area contributed by atoms with E-state index in [0.717, 1.165) is 16.9 Å². The number of ether oxygens (including phenoxy) is 1. The number of aliphatic imine (C=N–C) groups is 1. The van der Waals surface area contributed by atoms with Crippen LogP contribution in [0.5, 0.6) is 5.75 Å². The first-order chi connectivity index (χ1) is 13.1. The van der Waals surface area contributed by atoms with E-state index in [0.29, 0.717) is 19.0 Å². The van der Waals surface area contributed by atoms with Crippen LogP contribution >= 0.6 is 24.0 Å². The quantitative estimate of drug-likeness (QED) is 0.302. The molecule has 0 heterocycles. The highest BCUT2D eigenvalue weighted by molar-refractivity contribution is 14.0. The zero-order chi connectivity index (χ0) is 20.8. The molecule has 160 valence electrons. The number of primary sulfonamides is 1. The summed E-state index contributed by atoms with van der Waals surface area (Å²) in [6.07, 6.45) is 0. The van der Waals surface area contributed by atoms with Crippen molar-refractivity contribution in [2.45, 2.75) is 44.4 Å². The number of sulfonamides is 1. The highest BCUT2D eigenvalue weighted by atomic mass is 127. The molecule has 0 aliphatic carbocycles. The molecule has 0 atom stereocenters. The molecule has 7 nitrogen and oxygen atoms in total. The summed E-state index contributed by atoms with van der Waals surface area (Å²) in [4.78, 5) is 4.29. The van der Waals surface area contributed by atoms with Gasteiger partial charge in [-0.05, 0) is 44.5 Å². The Kier molecular flexibility index (Phi) is 9.37. The number of nitrogens with one attached hydrogen (secondary N) is 2. The van der Waals surface area contributed by atoms with Gasteiger partial charge in [-0.15, -0.1) is 24.0 Å². The number of para-hydroxylation sites is 1. The number of nitrogens with two attached hydrogens (primary N) is 1. The third-order valence-corrected chi connectivity index (χ3v) is 4.66. The lowest BCUT2D eigenvalue weighted by Gasteiger charge is -2.23. The zero-order valence-electron chi connectivity index (χ0n) is 17.1. The Morgan fingerprint density at radius 3 is 2.34 bits per heavy atom. The van der Waals surface area contributed by atoms with Gasteiger partial charge in [-0.1, -0.05) is 30.3 Å². The van der Waals surface area contributed by atoms with E-state index in [4.69, 9.17) is 9.88 Å². The fourth-order valence-electron chi connectivity index (χ4n) is 2.50.